The standard InChI is InChI=1S/C18H18FN9O5S/c1-18(7-34(31,32)28(2)16(27-18)26-17(29)30)9-4-11(20-5-10(9)19)24-14-13-15(23-8-22-14)25-12(33-3)6-21-13/h4-6,8H,7H2,1-3H3,(H,26,27)(H,29,30)(H,20,22,23,24,25). The molecule has 16 heteroatoms. The van der Waals surface area contributed by atoms with Gasteiger partial charge >= 0.3 is 6.09 Å². The number of carboxylic acid groups (broad SMARTS) is 1. The lowest BCUT2D eigenvalue weighted by molar-refractivity contribution is 0.199. The summed E-state index contributed by atoms with van der Waals surface area (Å²) in [5.41, 5.74) is -1.26. The Morgan fingerprint density at radius 1 is 1.26 bits per heavy atom. The highest BCUT2D eigenvalue weighted by Crippen LogP contribution is 2.35. The van der Waals surface area contributed by atoms with Crippen LogP contribution in [0.2, 0.25) is 0 Å². The molecule has 0 aromatic carbocycles. The zero-order chi connectivity index (χ0) is 24.7. The number of sulfonamides is 1. The molecule has 0 radical (unpaired) electrons. The van der Waals surface area contributed by atoms with Gasteiger partial charge in [0.15, 0.2) is 17.0 Å². The number of guanidine groups is 1. The highest BCUT2D eigenvalue weighted by Gasteiger charge is 2.43. The van der Waals surface area contributed by atoms with Gasteiger partial charge in [-0.1, -0.05) is 0 Å². The van der Waals surface area contributed by atoms with Gasteiger partial charge in [-0.3, -0.25) is 5.32 Å². The summed E-state index contributed by atoms with van der Waals surface area (Å²) in [6.07, 6.45) is 1.99. The fourth-order valence-electron chi connectivity index (χ4n) is 3.31. The Kier molecular flexibility index (Phi) is 5.60. The second-order valence-electron chi connectivity index (χ2n) is 7.34. The number of nitrogens with one attached hydrogen (secondary N) is 2. The number of hydrogen-bond donors (Lipinski definition) is 3. The fourth-order valence-corrected chi connectivity index (χ4v) is 4.79. The third-order valence-corrected chi connectivity index (χ3v) is 6.90. The third-order valence-electron chi connectivity index (χ3n) is 4.96. The molecule has 3 aromatic heterocycles. The number of amides is 1. The second-order valence-corrected chi connectivity index (χ2v) is 9.34. The van der Waals surface area contributed by atoms with Crippen LogP contribution in [0.15, 0.2) is 29.8 Å². The molecule has 34 heavy (non-hydrogen) atoms. The molecule has 1 aliphatic heterocycles. The summed E-state index contributed by atoms with van der Waals surface area (Å²) in [7, 11) is -1.43. The molecule has 3 N–H and O–H groups in total. The lowest BCUT2D eigenvalue weighted by atomic mass is 9.95. The average Bonchev–Trinajstić information content (AvgIpc) is 2.77. The molecular formula is C18H18FN9O5S. The van der Waals surface area contributed by atoms with E-state index in [1.165, 1.54) is 32.6 Å². The van der Waals surface area contributed by atoms with Crippen molar-refractivity contribution in [1.29, 1.82) is 0 Å². The first-order valence-corrected chi connectivity index (χ1v) is 11.1. The number of pyridine rings is 1. The Morgan fingerprint density at radius 2 is 2.03 bits per heavy atom. The number of carbonyl (C=O) groups is 1. The van der Waals surface area contributed by atoms with E-state index in [-0.39, 0.29) is 34.2 Å². The Balaban J connectivity index is 1.76. The Morgan fingerprint density at radius 3 is 2.74 bits per heavy atom. The van der Waals surface area contributed by atoms with Crippen molar-refractivity contribution in [3.8, 4) is 5.88 Å². The number of hydrogen-bond acceptors (Lipinski definition) is 11. The van der Waals surface area contributed by atoms with Gasteiger partial charge in [0.2, 0.25) is 21.9 Å². The van der Waals surface area contributed by atoms with E-state index in [0.29, 0.717) is 4.31 Å². The number of ether oxygens (including phenoxy) is 1. The molecule has 1 aliphatic rings. The van der Waals surface area contributed by atoms with Gasteiger partial charge in [0.25, 0.3) is 0 Å². The van der Waals surface area contributed by atoms with Crippen LogP contribution in [0, 0.1) is 5.82 Å². The van der Waals surface area contributed by atoms with Crippen LogP contribution in [0.5, 0.6) is 5.88 Å². The van der Waals surface area contributed by atoms with E-state index in [0.717, 1.165) is 13.2 Å². The number of halogens is 1. The van der Waals surface area contributed by atoms with Gasteiger partial charge in [-0.25, -0.2) is 46.8 Å². The molecule has 178 valence electrons. The molecule has 0 saturated heterocycles. The molecule has 0 fully saturated rings. The van der Waals surface area contributed by atoms with Crippen LogP contribution in [-0.2, 0) is 15.6 Å². The van der Waals surface area contributed by atoms with E-state index in [1.807, 2.05) is 5.32 Å². The number of aromatic nitrogens is 5. The summed E-state index contributed by atoms with van der Waals surface area (Å²) < 4.78 is 45.9. The minimum Gasteiger partial charge on any atom is -0.480 e. The van der Waals surface area contributed by atoms with Crippen molar-refractivity contribution in [2.75, 3.05) is 25.2 Å². The van der Waals surface area contributed by atoms with Crippen LogP contribution >= 0.6 is 0 Å². The molecule has 0 saturated carbocycles. The molecule has 4 rings (SSSR count). The van der Waals surface area contributed by atoms with Crippen molar-refractivity contribution < 1.29 is 27.4 Å². The van der Waals surface area contributed by atoms with Crippen LogP contribution in [0.4, 0.5) is 20.8 Å². The van der Waals surface area contributed by atoms with Gasteiger partial charge in [-0.05, 0) is 13.0 Å². The Labute approximate surface area is 192 Å². The summed E-state index contributed by atoms with van der Waals surface area (Å²) in [4.78, 5) is 35.8. The van der Waals surface area contributed by atoms with E-state index in [4.69, 9.17) is 9.84 Å². The number of methoxy groups -OCH3 is 1. The highest BCUT2D eigenvalue weighted by atomic mass is 32.2. The summed E-state index contributed by atoms with van der Waals surface area (Å²) >= 11 is 0. The predicted octanol–water partition coefficient (Wildman–Crippen LogP) is 0.820. The topological polar surface area (TPSA) is 185 Å². The quantitative estimate of drug-likeness (QED) is 0.469. The minimum atomic E-state index is -4.02. The largest absolute Gasteiger partial charge is 0.480 e. The van der Waals surface area contributed by atoms with E-state index >= 15 is 0 Å². The van der Waals surface area contributed by atoms with Crippen LogP contribution in [-0.4, -0.2) is 74.7 Å². The zero-order valence-corrected chi connectivity index (χ0v) is 18.8. The maximum atomic E-state index is 14.8. The molecule has 14 nitrogen and oxygen atoms in total. The lowest BCUT2D eigenvalue weighted by Gasteiger charge is -2.35. The van der Waals surface area contributed by atoms with Gasteiger partial charge in [0.1, 0.15) is 23.5 Å². The van der Waals surface area contributed by atoms with Crippen molar-refractivity contribution in [2.24, 2.45) is 4.99 Å². The van der Waals surface area contributed by atoms with E-state index in [1.54, 1.807) is 0 Å². The lowest BCUT2D eigenvalue weighted by Crippen LogP contribution is -2.53. The first-order chi connectivity index (χ1) is 16.0. The van der Waals surface area contributed by atoms with Gasteiger partial charge in [0, 0.05) is 12.6 Å². The van der Waals surface area contributed by atoms with Crippen molar-refractivity contribution >= 4 is 44.9 Å². The van der Waals surface area contributed by atoms with Crippen LogP contribution in [0.25, 0.3) is 11.2 Å². The fraction of sp³-hybridized carbons (Fsp3) is 0.278. The van der Waals surface area contributed by atoms with Gasteiger partial charge < -0.3 is 15.2 Å². The smallest absolute Gasteiger partial charge is 0.411 e. The molecule has 0 aliphatic carbocycles. The SMILES string of the molecule is COc1cnc2c(Nc3cc(C4(C)CS(=O)(=O)N(C)C(NC(=O)O)=N4)c(F)cn3)ncnc2n1. The minimum absolute atomic E-state index is 0.106. The second kappa shape index (κ2) is 8.29. The van der Waals surface area contributed by atoms with E-state index in [2.05, 4.69) is 35.2 Å². The number of aliphatic imine (C=N–C) groups is 1. The first-order valence-electron chi connectivity index (χ1n) is 9.53. The molecular weight excluding hydrogens is 473 g/mol. The molecule has 4 heterocycles. The van der Waals surface area contributed by atoms with Gasteiger partial charge in [-0.15, -0.1) is 0 Å². The van der Waals surface area contributed by atoms with Crippen molar-refractivity contribution in [3.05, 3.63) is 36.2 Å². The third kappa shape index (κ3) is 4.21. The molecule has 0 bridgehead atoms. The van der Waals surface area contributed by atoms with Gasteiger partial charge in [0.05, 0.1) is 25.3 Å². The van der Waals surface area contributed by atoms with Crippen molar-refractivity contribution in [3.63, 3.8) is 0 Å². The highest BCUT2D eigenvalue weighted by molar-refractivity contribution is 7.89. The monoisotopic (exact) mass is 491 g/mol. The molecule has 1 unspecified atom stereocenters. The molecule has 3 aromatic rings. The number of rotatable bonds is 4. The summed E-state index contributed by atoms with van der Waals surface area (Å²) in [5.74, 6) is -1.33. The van der Waals surface area contributed by atoms with E-state index < -0.39 is 39.2 Å². The number of anilines is 2. The Hall–Kier alpha value is -4.21. The van der Waals surface area contributed by atoms with Crippen molar-refractivity contribution in [2.45, 2.75) is 12.5 Å². The van der Waals surface area contributed by atoms with Crippen LogP contribution < -0.4 is 15.4 Å². The van der Waals surface area contributed by atoms with Crippen LogP contribution in [0.1, 0.15) is 12.5 Å². The maximum Gasteiger partial charge on any atom is 0.411 e. The van der Waals surface area contributed by atoms with Crippen molar-refractivity contribution in [1.82, 2.24) is 34.5 Å². The molecule has 0 spiro atoms. The van der Waals surface area contributed by atoms with E-state index in [9.17, 15) is 17.6 Å². The maximum absolute atomic E-state index is 14.8. The first kappa shape index (κ1) is 23.0. The molecule has 1 atom stereocenters. The Bertz CT molecular complexity index is 1430. The number of nitrogens with zero attached hydrogens (tertiary/aromatic N) is 7. The summed E-state index contributed by atoms with van der Waals surface area (Å²) in [5, 5.41) is 13.9. The molecule has 1 amide bonds. The summed E-state index contributed by atoms with van der Waals surface area (Å²) in [6, 6.07) is 1.27. The number of fused-ring (bicyclic) bond motifs is 1. The van der Waals surface area contributed by atoms with Crippen LogP contribution in [0.3, 0.4) is 0 Å². The van der Waals surface area contributed by atoms with Gasteiger partial charge in [-0.2, -0.15) is 4.98 Å². The zero-order valence-electron chi connectivity index (χ0n) is 18.0. The summed E-state index contributed by atoms with van der Waals surface area (Å²) in [6.45, 7) is 1.38. The average molecular weight is 491 g/mol. The predicted molar refractivity (Wildman–Crippen MR) is 117 cm³/mol. The normalized spacial score (nSPS) is 19.4.